The molecule has 1 fully saturated rings. The Kier molecular flexibility index (Phi) is 7.27. The maximum Gasteiger partial charge on any atom is 0.309 e. The number of allylic oxidation sites excluding steroid dienone is 1. The molecule has 0 spiro atoms. The number of halogens is 1. The second-order valence-electron chi connectivity index (χ2n) is 8.38. The number of methoxy groups -OCH3 is 1. The fraction of sp³-hybridized carbons (Fsp3) is 0.333. The Bertz CT molecular complexity index is 1220. The van der Waals surface area contributed by atoms with Gasteiger partial charge in [0.2, 0.25) is 5.91 Å². The third-order valence-corrected chi connectivity index (χ3v) is 6.49. The fourth-order valence-electron chi connectivity index (χ4n) is 4.34. The number of carbonyl (C=O) groups is 2. The molecule has 2 aromatic carbocycles. The van der Waals surface area contributed by atoms with E-state index in [2.05, 4.69) is 0 Å². The zero-order chi connectivity index (χ0) is 24.2. The van der Waals surface area contributed by atoms with Gasteiger partial charge in [0, 0.05) is 46.8 Å². The fourth-order valence-corrected chi connectivity index (χ4v) is 4.46. The summed E-state index contributed by atoms with van der Waals surface area (Å²) in [7, 11) is 1.60. The zero-order valence-corrected chi connectivity index (χ0v) is 20.4. The monoisotopic (exact) mass is 481 g/mol. The van der Waals surface area contributed by atoms with Crippen LogP contribution in [-0.2, 0) is 14.3 Å². The van der Waals surface area contributed by atoms with Crippen molar-refractivity contribution in [2.24, 2.45) is 5.92 Å². The zero-order valence-electron chi connectivity index (χ0n) is 19.6. The second kappa shape index (κ2) is 10.3. The third kappa shape index (κ3) is 4.97. The maximum absolute atomic E-state index is 13.0. The average Bonchev–Trinajstić information content (AvgIpc) is 3.26. The molecule has 3 aromatic rings. The highest BCUT2D eigenvalue weighted by atomic mass is 35.5. The van der Waals surface area contributed by atoms with Gasteiger partial charge in [-0.05, 0) is 56.0 Å². The van der Waals surface area contributed by atoms with Gasteiger partial charge in [0.05, 0.1) is 25.9 Å². The molecule has 1 aliphatic heterocycles. The Labute approximate surface area is 204 Å². The van der Waals surface area contributed by atoms with E-state index >= 15 is 0 Å². The van der Waals surface area contributed by atoms with Crippen molar-refractivity contribution < 1.29 is 23.5 Å². The molecule has 0 radical (unpaired) electrons. The average molecular weight is 482 g/mol. The van der Waals surface area contributed by atoms with Gasteiger partial charge in [0.25, 0.3) is 0 Å². The molecule has 1 saturated heterocycles. The number of amides is 1. The topological polar surface area (TPSA) is 69.0 Å². The maximum atomic E-state index is 13.0. The molecule has 1 amide bonds. The molecular weight excluding hydrogens is 454 g/mol. The lowest BCUT2D eigenvalue weighted by Gasteiger charge is -2.30. The van der Waals surface area contributed by atoms with E-state index in [1.54, 1.807) is 31.3 Å². The van der Waals surface area contributed by atoms with Crippen LogP contribution < -0.4 is 4.74 Å². The molecule has 7 heteroatoms. The standard InChI is InChI=1S/C27H28ClNO5/c1-4-33-27(31)19-9-11-29(12-10-19)26(30)13-17(2)21-14-22-23(18-5-7-20(28)8-6-18)16-34-25(22)15-24(21)32-3/h5-8,13-16,19H,4,9-12H2,1-3H3/b17-13+. The number of hydrogen-bond donors (Lipinski definition) is 0. The first-order valence-electron chi connectivity index (χ1n) is 11.4. The Morgan fingerprint density at radius 3 is 2.53 bits per heavy atom. The van der Waals surface area contributed by atoms with Crippen molar-refractivity contribution in [2.45, 2.75) is 26.7 Å². The van der Waals surface area contributed by atoms with Crippen molar-refractivity contribution in [3.05, 3.63) is 59.3 Å². The number of ether oxygens (including phenoxy) is 2. The van der Waals surface area contributed by atoms with Gasteiger partial charge >= 0.3 is 5.97 Å². The van der Waals surface area contributed by atoms with Crippen LogP contribution in [0.25, 0.3) is 27.7 Å². The van der Waals surface area contributed by atoms with Crippen LogP contribution in [-0.4, -0.2) is 43.6 Å². The van der Waals surface area contributed by atoms with Crippen molar-refractivity contribution in [3.63, 3.8) is 0 Å². The summed E-state index contributed by atoms with van der Waals surface area (Å²) in [5, 5.41) is 1.59. The molecule has 0 N–H and O–H groups in total. The number of rotatable bonds is 6. The lowest BCUT2D eigenvalue weighted by molar-refractivity contribution is -0.150. The third-order valence-electron chi connectivity index (χ3n) is 6.24. The molecule has 1 aromatic heterocycles. The van der Waals surface area contributed by atoms with Crippen molar-refractivity contribution in [3.8, 4) is 16.9 Å². The first kappa shape index (κ1) is 23.9. The lowest BCUT2D eigenvalue weighted by Crippen LogP contribution is -2.40. The molecule has 1 aliphatic rings. The second-order valence-corrected chi connectivity index (χ2v) is 8.82. The van der Waals surface area contributed by atoms with Crippen LogP contribution >= 0.6 is 11.6 Å². The first-order chi connectivity index (χ1) is 16.4. The Morgan fingerprint density at radius 2 is 1.88 bits per heavy atom. The molecule has 2 heterocycles. The van der Waals surface area contributed by atoms with Crippen LogP contribution in [0.5, 0.6) is 5.75 Å². The van der Waals surface area contributed by atoms with E-state index in [1.807, 2.05) is 43.3 Å². The van der Waals surface area contributed by atoms with Crippen LogP contribution in [0.3, 0.4) is 0 Å². The highest BCUT2D eigenvalue weighted by molar-refractivity contribution is 6.30. The van der Waals surface area contributed by atoms with Crippen LogP contribution in [0.4, 0.5) is 0 Å². The van der Waals surface area contributed by atoms with E-state index in [9.17, 15) is 9.59 Å². The number of fused-ring (bicyclic) bond motifs is 1. The number of benzene rings is 2. The molecule has 0 saturated carbocycles. The minimum absolute atomic E-state index is 0.0768. The minimum atomic E-state index is -0.170. The number of carbonyl (C=O) groups excluding carboxylic acids is 2. The summed E-state index contributed by atoms with van der Waals surface area (Å²) in [5.74, 6) is 0.249. The summed E-state index contributed by atoms with van der Waals surface area (Å²) in [6.07, 6.45) is 4.59. The van der Waals surface area contributed by atoms with Gasteiger partial charge in [-0.1, -0.05) is 23.7 Å². The number of hydrogen-bond acceptors (Lipinski definition) is 5. The van der Waals surface area contributed by atoms with Crippen molar-refractivity contribution in [2.75, 3.05) is 26.8 Å². The predicted molar refractivity (Wildman–Crippen MR) is 133 cm³/mol. The Hall–Kier alpha value is -3.25. The largest absolute Gasteiger partial charge is 0.496 e. The van der Waals surface area contributed by atoms with Gasteiger partial charge in [-0.25, -0.2) is 0 Å². The van der Waals surface area contributed by atoms with Gasteiger partial charge < -0.3 is 18.8 Å². The number of likely N-dealkylation sites (tertiary alicyclic amines) is 1. The van der Waals surface area contributed by atoms with Crippen LogP contribution in [0.2, 0.25) is 5.02 Å². The molecular formula is C27H28ClNO5. The summed E-state index contributed by atoms with van der Waals surface area (Å²) in [6.45, 7) is 5.14. The molecule has 0 unspecified atom stereocenters. The van der Waals surface area contributed by atoms with Crippen LogP contribution in [0.15, 0.2) is 53.2 Å². The van der Waals surface area contributed by atoms with Crippen LogP contribution in [0, 0.1) is 5.92 Å². The summed E-state index contributed by atoms with van der Waals surface area (Å²) >= 11 is 6.04. The molecule has 178 valence electrons. The molecule has 0 atom stereocenters. The van der Waals surface area contributed by atoms with Crippen molar-refractivity contribution in [1.29, 1.82) is 0 Å². The number of piperidine rings is 1. The van der Waals surface area contributed by atoms with E-state index in [0.717, 1.165) is 27.6 Å². The quantitative estimate of drug-likeness (QED) is 0.320. The Balaban J connectivity index is 1.58. The van der Waals surface area contributed by atoms with E-state index in [4.69, 9.17) is 25.5 Å². The molecule has 6 nitrogen and oxygen atoms in total. The molecule has 4 rings (SSSR count). The molecule has 34 heavy (non-hydrogen) atoms. The van der Waals surface area contributed by atoms with E-state index < -0.39 is 0 Å². The minimum Gasteiger partial charge on any atom is -0.496 e. The van der Waals surface area contributed by atoms with Gasteiger partial charge in [-0.15, -0.1) is 0 Å². The van der Waals surface area contributed by atoms with E-state index in [0.29, 0.717) is 48.9 Å². The van der Waals surface area contributed by atoms with Gasteiger partial charge in [-0.3, -0.25) is 9.59 Å². The van der Waals surface area contributed by atoms with Crippen molar-refractivity contribution >= 4 is 40.0 Å². The summed E-state index contributed by atoms with van der Waals surface area (Å²) in [6, 6.07) is 11.4. The molecule has 0 bridgehead atoms. The number of furan rings is 1. The summed E-state index contributed by atoms with van der Waals surface area (Å²) in [4.78, 5) is 26.7. The van der Waals surface area contributed by atoms with Crippen LogP contribution in [0.1, 0.15) is 32.3 Å². The van der Waals surface area contributed by atoms with Gasteiger partial charge in [0.15, 0.2) is 0 Å². The van der Waals surface area contributed by atoms with Gasteiger partial charge in [0.1, 0.15) is 11.3 Å². The van der Waals surface area contributed by atoms with E-state index in [1.165, 1.54) is 0 Å². The summed E-state index contributed by atoms with van der Waals surface area (Å²) < 4.78 is 16.5. The first-order valence-corrected chi connectivity index (χ1v) is 11.8. The predicted octanol–water partition coefficient (Wildman–Crippen LogP) is 5.97. The normalized spacial score (nSPS) is 14.9. The van der Waals surface area contributed by atoms with Gasteiger partial charge in [-0.2, -0.15) is 0 Å². The highest BCUT2D eigenvalue weighted by Crippen LogP contribution is 2.37. The van der Waals surface area contributed by atoms with E-state index in [-0.39, 0.29) is 17.8 Å². The summed E-state index contributed by atoms with van der Waals surface area (Å²) in [5.41, 5.74) is 4.24. The van der Waals surface area contributed by atoms with Crippen molar-refractivity contribution in [1.82, 2.24) is 4.90 Å². The Morgan fingerprint density at radius 1 is 1.18 bits per heavy atom. The SMILES string of the molecule is CCOC(=O)C1CCN(C(=O)/C=C(\C)c2cc3c(-c4ccc(Cl)cc4)coc3cc2OC)CC1. The molecule has 0 aliphatic carbocycles. The number of esters is 1. The number of nitrogens with zero attached hydrogens (tertiary/aromatic N) is 1. The highest BCUT2D eigenvalue weighted by Gasteiger charge is 2.27. The lowest BCUT2D eigenvalue weighted by atomic mass is 9.96. The smallest absolute Gasteiger partial charge is 0.309 e.